The van der Waals surface area contributed by atoms with Crippen molar-refractivity contribution in [2.45, 2.75) is 25.9 Å². The van der Waals surface area contributed by atoms with Crippen LogP contribution in [0.5, 0.6) is 5.75 Å². The van der Waals surface area contributed by atoms with Crippen molar-refractivity contribution in [1.29, 1.82) is 0 Å². The largest absolute Gasteiger partial charge is 0.494 e. The second-order valence-corrected chi connectivity index (χ2v) is 7.28. The number of methoxy groups -OCH3 is 1. The van der Waals surface area contributed by atoms with E-state index in [1.165, 1.54) is 30.9 Å². The maximum atomic E-state index is 13.5. The van der Waals surface area contributed by atoms with Gasteiger partial charge in [0.15, 0.2) is 22.9 Å². The summed E-state index contributed by atoms with van der Waals surface area (Å²) in [5.74, 6) is -1.06. The number of amides is 1. The molecule has 0 fully saturated rings. The number of H-pyrrole nitrogens is 1. The predicted molar refractivity (Wildman–Crippen MR) is 117 cm³/mol. The van der Waals surface area contributed by atoms with Gasteiger partial charge in [0.05, 0.1) is 13.3 Å². The lowest BCUT2D eigenvalue weighted by Gasteiger charge is -2.07. The Bertz CT molecular complexity index is 1300. The molecule has 0 atom stereocenters. The summed E-state index contributed by atoms with van der Waals surface area (Å²) in [6.45, 7) is 0.745. The first-order chi connectivity index (χ1) is 15.5. The highest BCUT2D eigenvalue weighted by Crippen LogP contribution is 2.18. The number of rotatable bonds is 8. The molecule has 0 aliphatic rings. The van der Waals surface area contributed by atoms with Crippen molar-refractivity contribution < 1.29 is 13.9 Å². The SMILES string of the molecule is COc1cc(CNC(=O)c2nc3cn(CCCc4ccccc4)nc3c(=O)[nH]2)ccc1F. The van der Waals surface area contributed by atoms with Crippen LogP contribution in [0.3, 0.4) is 0 Å². The lowest BCUT2D eigenvalue weighted by atomic mass is 10.1. The van der Waals surface area contributed by atoms with Crippen molar-refractivity contribution in [2.24, 2.45) is 0 Å². The highest BCUT2D eigenvalue weighted by atomic mass is 19.1. The first kappa shape index (κ1) is 21.2. The lowest BCUT2D eigenvalue weighted by molar-refractivity contribution is 0.0940. The van der Waals surface area contributed by atoms with Crippen LogP contribution in [-0.2, 0) is 19.5 Å². The van der Waals surface area contributed by atoms with Gasteiger partial charge in [-0.3, -0.25) is 14.3 Å². The van der Waals surface area contributed by atoms with Crippen LogP contribution in [-0.4, -0.2) is 32.8 Å². The number of aromatic amines is 1. The second-order valence-electron chi connectivity index (χ2n) is 7.28. The minimum absolute atomic E-state index is 0.0874. The Morgan fingerprint density at radius 2 is 2.00 bits per heavy atom. The zero-order valence-electron chi connectivity index (χ0n) is 17.5. The van der Waals surface area contributed by atoms with Crippen molar-refractivity contribution in [3.63, 3.8) is 0 Å². The fourth-order valence-electron chi connectivity index (χ4n) is 3.36. The summed E-state index contributed by atoms with van der Waals surface area (Å²) in [6.07, 6.45) is 3.41. The average Bonchev–Trinajstić information content (AvgIpc) is 3.22. The number of aromatic nitrogens is 4. The number of hydrogen-bond donors (Lipinski definition) is 2. The van der Waals surface area contributed by atoms with E-state index in [9.17, 15) is 14.0 Å². The van der Waals surface area contributed by atoms with Gasteiger partial charge < -0.3 is 15.0 Å². The monoisotopic (exact) mass is 435 g/mol. The van der Waals surface area contributed by atoms with Gasteiger partial charge in [-0.1, -0.05) is 36.4 Å². The van der Waals surface area contributed by atoms with Crippen LogP contribution in [0.25, 0.3) is 11.0 Å². The van der Waals surface area contributed by atoms with Gasteiger partial charge in [-0.15, -0.1) is 0 Å². The molecule has 164 valence electrons. The second kappa shape index (κ2) is 9.42. The molecule has 2 heterocycles. The molecule has 2 aromatic carbocycles. The summed E-state index contributed by atoms with van der Waals surface area (Å²) in [4.78, 5) is 31.6. The molecule has 2 aromatic heterocycles. The lowest BCUT2D eigenvalue weighted by Crippen LogP contribution is -2.27. The van der Waals surface area contributed by atoms with Gasteiger partial charge in [-0.05, 0) is 36.1 Å². The highest BCUT2D eigenvalue weighted by molar-refractivity contribution is 5.92. The van der Waals surface area contributed by atoms with E-state index in [-0.39, 0.29) is 23.6 Å². The van der Waals surface area contributed by atoms with Gasteiger partial charge in [-0.2, -0.15) is 5.10 Å². The molecule has 8 nitrogen and oxygen atoms in total. The molecule has 4 rings (SSSR count). The van der Waals surface area contributed by atoms with E-state index in [0.717, 1.165) is 12.8 Å². The summed E-state index contributed by atoms with van der Waals surface area (Å²) in [5, 5.41) is 6.95. The van der Waals surface area contributed by atoms with Crippen molar-refractivity contribution in [3.05, 3.63) is 87.9 Å². The normalized spacial score (nSPS) is 10.9. The van der Waals surface area contributed by atoms with E-state index in [1.807, 2.05) is 18.2 Å². The van der Waals surface area contributed by atoms with Crippen molar-refractivity contribution >= 4 is 16.9 Å². The first-order valence-corrected chi connectivity index (χ1v) is 10.2. The van der Waals surface area contributed by atoms with Crippen LogP contribution in [0.15, 0.2) is 59.5 Å². The van der Waals surface area contributed by atoms with E-state index in [0.29, 0.717) is 17.6 Å². The quantitative estimate of drug-likeness (QED) is 0.443. The molecule has 2 N–H and O–H groups in total. The molecule has 32 heavy (non-hydrogen) atoms. The number of fused-ring (bicyclic) bond motifs is 1. The van der Waals surface area contributed by atoms with E-state index < -0.39 is 17.3 Å². The van der Waals surface area contributed by atoms with Crippen LogP contribution in [0.4, 0.5) is 4.39 Å². The summed E-state index contributed by atoms with van der Waals surface area (Å²) < 4.78 is 20.1. The van der Waals surface area contributed by atoms with Gasteiger partial charge >= 0.3 is 0 Å². The molecule has 4 aromatic rings. The van der Waals surface area contributed by atoms with Crippen molar-refractivity contribution in [3.8, 4) is 5.75 Å². The van der Waals surface area contributed by atoms with E-state index >= 15 is 0 Å². The third kappa shape index (κ3) is 4.83. The highest BCUT2D eigenvalue weighted by Gasteiger charge is 2.14. The Balaban J connectivity index is 1.43. The van der Waals surface area contributed by atoms with Crippen molar-refractivity contribution in [1.82, 2.24) is 25.1 Å². The van der Waals surface area contributed by atoms with Gasteiger partial charge in [0.2, 0.25) is 0 Å². The molecular formula is C23H22FN5O3. The minimum atomic E-state index is -0.552. The average molecular weight is 435 g/mol. The molecule has 0 saturated heterocycles. The number of aryl methyl sites for hydroxylation is 2. The number of carbonyl (C=O) groups excluding carboxylic acids is 1. The van der Waals surface area contributed by atoms with Crippen LogP contribution in [0, 0.1) is 5.82 Å². The zero-order valence-corrected chi connectivity index (χ0v) is 17.5. The molecule has 0 aliphatic heterocycles. The molecule has 0 radical (unpaired) electrons. The predicted octanol–water partition coefficient (Wildman–Crippen LogP) is 2.83. The summed E-state index contributed by atoms with van der Waals surface area (Å²) >= 11 is 0. The van der Waals surface area contributed by atoms with E-state index in [4.69, 9.17) is 4.74 Å². The number of nitrogens with zero attached hydrogens (tertiary/aromatic N) is 3. The van der Waals surface area contributed by atoms with E-state index in [1.54, 1.807) is 10.9 Å². The Morgan fingerprint density at radius 3 is 2.78 bits per heavy atom. The standard InChI is InChI=1S/C23H22FN5O3/c1-32-19-12-16(9-10-17(19)24)13-25-23(31)21-26-18-14-29(28-20(18)22(30)27-21)11-5-8-15-6-3-2-4-7-15/h2-4,6-7,9-10,12,14H,5,8,11,13H2,1H3,(H,25,31)(H,26,27,30). The number of benzene rings is 2. The third-order valence-corrected chi connectivity index (χ3v) is 5.00. The molecule has 0 bridgehead atoms. The van der Waals surface area contributed by atoms with Crippen LogP contribution < -0.4 is 15.6 Å². The molecule has 0 saturated carbocycles. The smallest absolute Gasteiger partial charge is 0.287 e. The van der Waals surface area contributed by atoms with Gasteiger partial charge in [0.25, 0.3) is 11.5 Å². The number of hydrogen-bond acceptors (Lipinski definition) is 5. The maximum absolute atomic E-state index is 13.5. The Hall–Kier alpha value is -4.01. The first-order valence-electron chi connectivity index (χ1n) is 10.2. The zero-order chi connectivity index (χ0) is 22.5. The molecular weight excluding hydrogens is 413 g/mol. The van der Waals surface area contributed by atoms with Crippen LogP contribution in [0.2, 0.25) is 0 Å². The fraction of sp³-hybridized carbons (Fsp3) is 0.217. The molecule has 9 heteroatoms. The molecule has 0 spiro atoms. The third-order valence-electron chi connectivity index (χ3n) is 5.00. The van der Waals surface area contributed by atoms with Gasteiger partial charge in [0.1, 0.15) is 5.52 Å². The number of halogens is 1. The Labute approximate surface area is 183 Å². The summed E-state index contributed by atoms with van der Waals surface area (Å²) in [5.41, 5.74) is 1.93. The number of nitrogens with one attached hydrogen (secondary N) is 2. The molecule has 0 unspecified atom stereocenters. The fourth-order valence-corrected chi connectivity index (χ4v) is 3.36. The van der Waals surface area contributed by atoms with Gasteiger partial charge in [0, 0.05) is 13.1 Å². The summed E-state index contributed by atoms with van der Waals surface area (Å²) in [7, 11) is 1.37. The molecule has 1 amide bonds. The van der Waals surface area contributed by atoms with E-state index in [2.05, 4.69) is 32.5 Å². The number of ether oxygens (including phenoxy) is 1. The van der Waals surface area contributed by atoms with Crippen LogP contribution in [0.1, 0.15) is 28.2 Å². The topological polar surface area (TPSA) is 102 Å². The van der Waals surface area contributed by atoms with Crippen molar-refractivity contribution in [2.75, 3.05) is 7.11 Å². The Kier molecular flexibility index (Phi) is 6.25. The minimum Gasteiger partial charge on any atom is -0.494 e. The van der Waals surface area contributed by atoms with Gasteiger partial charge in [-0.25, -0.2) is 9.37 Å². The summed E-state index contributed by atoms with van der Waals surface area (Å²) in [6, 6.07) is 14.4. The Morgan fingerprint density at radius 1 is 1.19 bits per heavy atom. The number of carbonyl (C=O) groups is 1. The molecule has 0 aliphatic carbocycles. The van der Waals surface area contributed by atoms with Crippen LogP contribution >= 0.6 is 0 Å². The maximum Gasteiger partial charge on any atom is 0.287 e.